The number of benzene rings is 1. The van der Waals surface area contributed by atoms with E-state index in [4.69, 9.17) is 10.3 Å². The molecule has 1 aromatic carbocycles. The zero-order chi connectivity index (χ0) is 22.8. The minimum atomic E-state index is -4.45. The summed E-state index contributed by atoms with van der Waals surface area (Å²) in [5.41, 5.74) is 6.01. The highest BCUT2D eigenvalue weighted by Crippen LogP contribution is 2.51. The van der Waals surface area contributed by atoms with Crippen molar-refractivity contribution >= 4 is 19.5 Å². The van der Waals surface area contributed by atoms with E-state index in [9.17, 15) is 24.2 Å². The Kier molecular flexibility index (Phi) is 10.7. The molecule has 9 heteroatoms. The van der Waals surface area contributed by atoms with Gasteiger partial charge in [-0.1, -0.05) is 51.1 Å². The van der Waals surface area contributed by atoms with Crippen molar-refractivity contribution in [2.24, 2.45) is 11.1 Å². The van der Waals surface area contributed by atoms with Crippen LogP contribution in [0, 0.1) is 5.41 Å². The molecule has 5 N–H and O–H groups in total. The molecule has 2 unspecified atom stereocenters. The molecule has 0 aliphatic carbocycles. The molecule has 0 saturated heterocycles. The molecular formula is C21H35N2O6P. The third-order valence-electron chi connectivity index (χ3n) is 4.48. The Balaban J connectivity index is 2.85. The van der Waals surface area contributed by atoms with Gasteiger partial charge in [0.15, 0.2) is 6.10 Å². The Morgan fingerprint density at radius 3 is 2.37 bits per heavy atom. The lowest BCUT2D eigenvalue weighted by Crippen LogP contribution is -2.39. The van der Waals surface area contributed by atoms with E-state index in [1.165, 1.54) is 0 Å². The summed E-state index contributed by atoms with van der Waals surface area (Å²) in [6.07, 6.45) is 0.474. The molecule has 0 aliphatic rings. The van der Waals surface area contributed by atoms with E-state index in [2.05, 4.69) is 5.32 Å². The second-order valence-corrected chi connectivity index (χ2v) is 10.6. The van der Waals surface area contributed by atoms with Gasteiger partial charge in [-0.25, -0.2) is 4.79 Å². The van der Waals surface area contributed by atoms with Gasteiger partial charge < -0.3 is 21.1 Å². The normalized spacial score (nSPS) is 15.8. The zero-order valence-corrected chi connectivity index (χ0v) is 18.9. The predicted molar refractivity (Wildman–Crippen MR) is 116 cm³/mol. The standard InChI is InChI=1S/C21H35N2O6P/c1-21(2,3)15-19(23-18(24)13-12-16-9-5-4-6-10-16)30(27,28)29-17(20(25)26)11-7-8-14-22/h4-6,9-10,17,19H,7-8,11-15,22H2,1-3H3,(H,23,24)(H,25,26)(H,27,28)/t17-,19?/m1/s1. The van der Waals surface area contributed by atoms with E-state index in [0.29, 0.717) is 25.8 Å². The molecular weight excluding hydrogens is 407 g/mol. The SMILES string of the molecule is CC(C)(C)CC(NC(=O)CCc1ccccc1)P(=O)(O)O[C@H](CCCCN)C(=O)O. The van der Waals surface area contributed by atoms with Gasteiger partial charge in [-0.3, -0.25) is 13.9 Å². The molecule has 0 heterocycles. The topological polar surface area (TPSA) is 139 Å². The number of hydrogen-bond donors (Lipinski definition) is 4. The number of carbonyl (C=O) groups excluding carboxylic acids is 1. The summed E-state index contributed by atoms with van der Waals surface area (Å²) in [7, 11) is -4.45. The van der Waals surface area contributed by atoms with Crippen LogP contribution in [0.5, 0.6) is 0 Å². The largest absolute Gasteiger partial charge is 0.479 e. The van der Waals surface area contributed by atoms with E-state index in [0.717, 1.165) is 5.56 Å². The maximum atomic E-state index is 13.0. The Labute approximate surface area is 178 Å². The van der Waals surface area contributed by atoms with Crippen LogP contribution < -0.4 is 11.1 Å². The van der Waals surface area contributed by atoms with Crippen LogP contribution in [0.1, 0.15) is 58.4 Å². The highest BCUT2D eigenvalue weighted by molar-refractivity contribution is 7.53. The van der Waals surface area contributed by atoms with Crippen molar-refractivity contribution < 1.29 is 28.7 Å². The average molecular weight is 442 g/mol. The predicted octanol–water partition coefficient (Wildman–Crippen LogP) is 3.28. The summed E-state index contributed by atoms with van der Waals surface area (Å²) < 4.78 is 18.2. The Morgan fingerprint density at radius 1 is 1.20 bits per heavy atom. The molecule has 0 spiro atoms. The zero-order valence-electron chi connectivity index (χ0n) is 18.0. The van der Waals surface area contributed by atoms with Crippen LogP contribution in [0.2, 0.25) is 0 Å². The van der Waals surface area contributed by atoms with Crippen molar-refractivity contribution in [1.82, 2.24) is 5.32 Å². The molecule has 0 saturated carbocycles. The number of carbonyl (C=O) groups is 2. The lowest BCUT2D eigenvalue weighted by atomic mass is 9.92. The highest BCUT2D eigenvalue weighted by atomic mass is 31.2. The number of aliphatic carboxylic acids is 1. The number of unbranched alkanes of at least 4 members (excludes halogenated alkanes) is 1. The minimum absolute atomic E-state index is 0.0707. The fraction of sp³-hybridized carbons (Fsp3) is 0.619. The number of carboxylic acid groups (broad SMARTS) is 1. The molecule has 1 amide bonds. The summed E-state index contributed by atoms with van der Waals surface area (Å²) >= 11 is 0. The second kappa shape index (κ2) is 12.2. The third-order valence-corrected chi connectivity index (χ3v) is 6.14. The quantitative estimate of drug-likeness (QED) is 0.271. The van der Waals surface area contributed by atoms with Gasteiger partial charge in [-0.2, -0.15) is 0 Å². The van der Waals surface area contributed by atoms with Crippen molar-refractivity contribution in [3.8, 4) is 0 Å². The number of rotatable bonds is 13. The van der Waals surface area contributed by atoms with Gasteiger partial charge in [0.25, 0.3) is 0 Å². The van der Waals surface area contributed by atoms with E-state index in [1.54, 1.807) is 0 Å². The van der Waals surface area contributed by atoms with Gasteiger partial charge in [0.1, 0.15) is 5.78 Å². The van der Waals surface area contributed by atoms with Crippen molar-refractivity contribution in [2.75, 3.05) is 6.54 Å². The minimum Gasteiger partial charge on any atom is -0.479 e. The summed E-state index contributed by atoms with van der Waals surface area (Å²) in [5, 5.41) is 12.0. The first-order chi connectivity index (χ1) is 13.9. The van der Waals surface area contributed by atoms with E-state index >= 15 is 0 Å². The summed E-state index contributed by atoms with van der Waals surface area (Å²) in [4.78, 5) is 34.5. The molecule has 0 aromatic heterocycles. The molecule has 0 aliphatic heterocycles. The van der Waals surface area contributed by atoms with Crippen molar-refractivity contribution in [3.63, 3.8) is 0 Å². The van der Waals surface area contributed by atoms with Gasteiger partial charge >= 0.3 is 13.6 Å². The monoisotopic (exact) mass is 442 g/mol. The summed E-state index contributed by atoms with van der Waals surface area (Å²) in [5.74, 6) is -2.90. The lowest BCUT2D eigenvalue weighted by molar-refractivity contribution is -0.145. The van der Waals surface area contributed by atoms with Gasteiger partial charge in [0, 0.05) is 6.42 Å². The van der Waals surface area contributed by atoms with Crippen LogP contribution in [0.3, 0.4) is 0 Å². The van der Waals surface area contributed by atoms with Crippen LogP contribution in [-0.4, -0.2) is 40.3 Å². The average Bonchev–Trinajstić information content (AvgIpc) is 2.65. The molecule has 0 bridgehead atoms. The van der Waals surface area contributed by atoms with Crippen LogP contribution in [0.4, 0.5) is 0 Å². The molecule has 30 heavy (non-hydrogen) atoms. The van der Waals surface area contributed by atoms with Crippen molar-refractivity contribution in [3.05, 3.63) is 35.9 Å². The van der Waals surface area contributed by atoms with Crippen LogP contribution >= 0.6 is 7.60 Å². The first kappa shape index (κ1) is 26.3. The van der Waals surface area contributed by atoms with E-state index in [-0.39, 0.29) is 25.2 Å². The molecule has 8 nitrogen and oxygen atoms in total. The second-order valence-electron chi connectivity index (χ2n) is 8.61. The molecule has 0 radical (unpaired) electrons. The van der Waals surface area contributed by atoms with Gasteiger partial charge in [-0.05, 0) is 49.6 Å². The first-order valence-electron chi connectivity index (χ1n) is 10.2. The number of carboxylic acids is 1. The molecule has 1 aromatic rings. The molecule has 1 rings (SSSR count). The fourth-order valence-corrected chi connectivity index (χ4v) is 4.73. The van der Waals surface area contributed by atoms with Crippen LogP contribution in [0.15, 0.2) is 30.3 Å². The first-order valence-corrected chi connectivity index (χ1v) is 11.9. The Morgan fingerprint density at radius 2 is 1.83 bits per heavy atom. The molecule has 0 fully saturated rings. The van der Waals surface area contributed by atoms with E-state index in [1.807, 2.05) is 51.1 Å². The van der Waals surface area contributed by atoms with Crippen LogP contribution in [0.25, 0.3) is 0 Å². The van der Waals surface area contributed by atoms with Gasteiger partial charge in [0.2, 0.25) is 5.91 Å². The third kappa shape index (κ3) is 10.3. The molecule has 3 atom stereocenters. The van der Waals surface area contributed by atoms with Gasteiger partial charge in [-0.15, -0.1) is 0 Å². The number of nitrogens with one attached hydrogen (secondary N) is 1. The smallest absolute Gasteiger partial charge is 0.351 e. The summed E-state index contributed by atoms with van der Waals surface area (Å²) in [6, 6.07) is 9.44. The Hall–Kier alpha value is -1.73. The number of aryl methyl sites for hydroxylation is 1. The maximum absolute atomic E-state index is 13.0. The summed E-state index contributed by atoms with van der Waals surface area (Å²) in [6.45, 7) is 6.00. The fourth-order valence-electron chi connectivity index (χ4n) is 2.94. The Bertz CT molecular complexity index is 720. The van der Waals surface area contributed by atoms with Crippen molar-refractivity contribution in [2.45, 2.75) is 71.2 Å². The highest BCUT2D eigenvalue weighted by Gasteiger charge is 2.40. The lowest BCUT2D eigenvalue weighted by Gasteiger charge is -2.31. The van der Waals surface area contributed by atoms with E-state index < -0.39 is 30.9 Å². The van der Waals surface area contributed by atoms with Gasteiger partial charge in [0.05, 0.1) is 0 Å². The maximum Gasteiger partial charge on any atom is 0.351 e. The van der Waals surface area contributed by atoms with Crippen LogP contribution in [-0.2, 0) is 25.1 Å². The number of amides is 1. The number of hydrogen-bond acceptors (Lipinski definition) is 5. The van der Waals surface area contributed by atoms with Crippen molar-refractivity contribution in [1.29, 1.82) is 0 Å². The number of nitrogens with two attached hydrogens (primary N) is 1. The molecule has 170 valence electrons.